The standard InChI is InChI=1S/C20H12BrFN2O2/c21-14-5-1-12(2-6-14)19(25)23-16-9-10-18-17(11-16)24-20(26-18)13-3-7-15(22)8-4-13/h1-11H,(H,23,25). The summed E-state index contributed by atoms with van der Waals surface area (Å²) in [7, 11) is 0. The normalized spacial score (nSPS) is 10.8. The first-order valence-corrected chi connectivity index (χ1v) is 8.61. The lowest BCUT2D eigenvalue weighted by molar-refractivity contribution is 0.102. The number of carbonyl (C=O) groups is 1. The number of hydrogen-bond acceptors (Lipinski definition) is 3. The van der Waals surface area contributed by atoms with Crippen molar-refractivity contribution in [2.75, 3.05) is 5.32 Å². The lowest BCUT2D eigenvalue weighted by Gasteiger charge is -2.05. The maximum atomic E-state index is 13.0. The predicted molar refractivity (Wildman–Crippen MR) is 101 cm³/mol. The van der Waals surface area contributed by atoms with Crippen LogP contribution in [0.4, 0.5) is 10.1 Å². The minimum atomic E-state index is -0.317. The van der Waals surface area contributed by atoms with Crippen LogP contribution in [-0.4, -0.2) is 10.9 Å². The second-order valence-corrected chi connectivity index (χ2v) is 6.59. The van der Waals surface area contributed by atoms with Crippen LogP contribution in [0.25, 0.3) is 22.6 Å². The zero-order valence-corrected chi connectivity index (χ0v) is 15.0. The van der Waals surface area contributed by atoms with Gasteiger partial charge in [-0.2, -0.15) is 0 Å². The minimum Gasteiger partial charge on any atom is -0.436 e. The summed E-state index contributed by atoms with van der Waals surface area (Å²) in [5.74, 6) is -0.127. The fraction of sp³-hybridized carbons (Fsp3) is 0. The van der Waals surface area contributed by atoms with Gasteiger partial charge in [0.05, 0.1) is 0 Å². The topological polar surface area (TPSA) is 55.1 Å². The van der Waals surface area contributed by atoms with Crippen molar-refractivity contribution in [1.82, 2.24) is 4.98 Å². The number of benzene rings is 3. The van der Waals surface area contributed by atoms with E-state index in [9.17, 15) is 9.18 Å². The molecule has 0 unspecified atom stereocenters. The minimum absolute atomic E-state index is 0.209. The highest BCUT2D eigenvalue weighted by Gasteiger charge is 2.11. The van der Waals surface area contributed by atoms with Gasteiger partial charge < -0.3 is 9.73 Å². The highest BCUT2D eigenvalue weighted by atomic mass is 79.9. The van der Waals surface area contributed by atoms with Gasteiger partial charge in [0.1, 0.15) is 11.3 Å². The van der Waals surface area contributed by atoms with Gasteiger partial charge in [0.15, 0.2) is 5.58 Å². The molecule has 0 saturated carbocycles. The highest BCUT2D eigenvalue weighted by Crippen LogP contribution is 2.26. The Morgan fingerprint density at radius 3 is 2.46 bits per heavy atom. The number of nitrogens with one attached hydrogen (secondary N) is 1. The van der Waals surface area contributed by atoms with Gasteiger partial charge in [-0.1, -0.05) is 15.9 Å². The first kappa shape index (κ1) is 16.5. The van der Waals surface area contributed by atoms with Crippen LogP contribution in [0.2, 0.25) is 0 Å². The fourth-order valence-electron chi connectivity index (χ4n) is 2.53. The summed E-state index contributed by atoms with van der Waals surface area (Å²) in [6, 6.07) is 18.2. The molecule has 0 aliphatic rings. The van der Waals surface area contributed by atoms with Gasteiger partial charge in [-0.15, -0.1) is 0 Å². The number of aromatic nitrogens is 1. The molecule has 4 aromatic rings. The Morgan fingerprint density at radius 2 is 1.73 bits per heavy atom. The van der Waals surface area contributed by atoms with E-state index < -0.39 is 0 Å². The predicted octanol–water partition coefficient (Wildman–Crippen LogP) is 5.65. The molecule has 4 nitrogen and oxygen atoms in total. The van der Waals surface area contributed by atoms with Crippen LogP contribution in [0.5, 0.6) is 0 Å². The van der Waals surface area contributed by atoms with Crippen LogP contribution in [0, 0.1) is 5.82 Å². The summed E-state index contributed by atoms with van der Waals surface area (Å²) < 4.78 is 19.7. The van der Waals surface area contributed by atoms with Crippen molar-refractivity contribution < 1.29 is 13.6 Å². The SMILES string of the molecule is O=C(Nc1ccc2oc(-c3ccc(F)cc3)nc2c1)c1ccc(Br)cc1. The maximum absolute atomic E-state index is 13.0. The van der Waals surface area contributed by atoms with Gasteiger partial charge in [-0.05, 0) is 66.7 Å². The molecule has 4 rings (SSSR count). The molecule has 128 valence electrons. The summed E-state index contributed by atoms with van der Waals surface area (Å²) in [4.78, 5) is 16.7. The number of amides is 1. The monoisotopic (exact) mass is 410 g/mol. The first-order chi connectivity index (χ1) is 12.6. The van der Waals surface area contributed by atoms with Crippen LogP contribution in [0.1, 0.15) is 10.4 Å². The van der Waals surface area contributed by atoms with E-state index in [0.29, 0.717) is 33.8 Å². The van der Waals surface area contributed by atoms with Gasteiger partial charge in [-0.25, -0.2) is 9.37 Å². The molecular formula is C20H12BrFN2O2. The Kier molecular flexibility index (Phi) is 4.26. The lowest BCUT2D eigenvalue weighted by atomic mass is 10.2. The van der Waals surface area contributed by atoms with E-state index in [1.807, 2.05) is 12.1 Å². The number of carbonyl (C=O) groups excluding carboxylic acids is 1. The summed E-state index contributed by atoms with van der Waals surface area (Å²) >= 11 is 3.34. The Bertz CT molecular complexity index is 1090. The molecule has 0 saturated heterocycles. The van der Waals surface area contributed by atoms with Crippen molar-refractivity contribution in [3.8, 4) is 11.5 Å². The molecule has 1 amide bonds. The number of rotatable bonds is 3. The maximum Gasteiger partial charge on any atom is 0.255 e. The van der Waals surface area contributed by atoms with E-state index in [4.69, 9.17) is 4.42 Å². The van der Waals surface area contributed by atoms with Crippen LogP contribution in [0.3, 0.4) is 0 Å². The van der Waals surface area contributed by atoms with Crippen molar-refractivity contribution in [2.45, 2.75) is 0 Å². The molecule has 6 heteroatoms. The van der Waals surface area contributed by atoms with Crippen molar-refractivity contribution in [3.05, 3.63) is 82.6 Å². The summed E-state index contributed by atoms with van der Waals surface area (Å²) in [5, 5.41) is 2.84. The lowest BCUT2D eigenvalue weighted by Crippen LogP contribution is -2.11. The van der Waals surface area contributed by atoms with Crippen molar-refractivity contribution in [2.24, 2.45) is 0 Å². The Morgan fingerprint density at radius 1 is 1.00 bits per heavy atom. The second kappa shape index (κ2) is 6.72. The first-order valence-electron chi connectivity index (χ1n) is 7.82. The zero-order chi connectivity index (χ0) is 18.1. The number of fused-ring (bicyclic) bond motifs is 1. The molecule has 0 spiro atoms. The second-order valence-electron chi connectivity index (χ2n) is 5.67. The number of halogens is 2. The molecular weight excluding hydrogens is 399 g/mol. The molecule has 0 radical (unpaired) electrons. The van der Waals surface area contributed by atoms with Crippen molar-refractivity contribution in [1.29, 1.82) is 0 Å². The summed E-state index contributed by atoms with van der Waals surface area (Å²) in [5.41, 5.74) is 3.05. The van der Waals surface area contributed by atoms with Crippen LogP contribution in [-0.2, 0) is 0 Å². The largest absolute Gasteiger partial charge is 0.436 e. The Balaban J connectivity index is 1.60. The van der Waals surface area contributed by atoms with Gasteiger partial charge in [-0.3, -0.25) is 4.79 Å². The molecule has 1 aromatic heterocycles. The summed E-state index contributed by atoms with van der Waals surface area (Å²) in [6.07, 6.45) is 0. The number of nitrogens with zero attached hydrogens (tertiary/aromatic N) is 1. The van der Waals surface area contributed by atoms with E-state index in [2.05, 4.69) is 26.2 Å². The van der Waals surface area contributed by atoms with Gasteiger partial charge >= 0.3 is 0 Å². The third-order valence-corrected chi connectivity index (χ3v) is 4.37. The van der Waals surface area contributed by atoms with E-state index in [1.165, 1.54) is 12.1 Å². The molecule has 0 aliphatic heterocycles. The average molecular weight is 411 g/mol. The smallest absolute Gasteiger partial charge is 0.255 e. The molecule has 3 aromatic carbocycles. The Hall–Kier alpha value is -2.99. The Labute approximate surface area is 156 Å². The van der Waals surface area contributed by atoms with Gasteiger partial charge in [0.2, 0.25) is 5.89 Å². The third kappa shape index (κ3) is 3.36. The van der Waals surface area contributed by atoms with E-state index in [0.717, 1.165) is 4.47 Å². The van der Waals surface area contributed by atoms with Gasteiger partial charge in [0.25, 0.3) is 5.91 Å². The average Bonchev–Trinajstić information content (AvgIpc) is 3.06. The molecule has 26 heavy (non-hydrogen) atoms. The third-order valence-electron chi connectivity index (χ3n) is 3.84. The molecule has 0 fully saturated rings. The quantitative estimate of drug-likeness (QED) is 0.474. The molecule has 0 aliphatic carbocycles. The zero-order valence-electron chi connectivity index (χ0n) is 13.4. The van der Waals surface area contributed by atoms with Gasteiger partial charge in [0, 0.05) is 21.3 Å². The number of anilines is 1. The molecule has 1 N–H and O–H groups in total. The van der Waals surface area contributed by atoms with Crippen molar-refractivity contribution in [3.63, 3.8) is 0 Å². The van der Waals surface area contributed by atoms with E-state index >= 15 is 0 Å². The van der Waals surface area contributed by atoms with E-state index in [-0.39, 0.29) is 11.7 Å². The molecule has 0 bridgehead atoms. The summed E-state index contributed by atoms with van der Waals surface area (Å²) in [6.45, 7) is 0. The number of oxazole rings is 1. The molecule has 0 atom stereocenters. The molecule has 1 heterocycles. The fourth-order valence-corrected chi connectivity index (χ4v) is 2.79. The van der Waals surface area contributed by atoms with Crippen molar-refractivity contribution >= 4 is 38.6 Å². The highest BCUT2D eigenvalue weighted by molar-refractivity contribution is 9.10. The van der Waals surface area contributed by atoms with Crippen LogP contribution >= 0.6 is 15.9 Å². The van der Waals surface area contributed by atoms with Crippen LogP contribution < -0.4 is 5.32 Å². The van der Waals surface area contributed by atoms with E-state index in [1.54, 1.807) is 42.5 Å². The van der Waals surface area contributed by atoms with Crippen LogP contribution in [0.15, 0.2) is 75.6 Å². The number of hydrogen-bond donors (Lipinski definition) is 1.